The van der Waals surface area contributed by atoms with Gasteiger partial charge in [0, 0.05) is 12.3 Å². The van der Waals surface area contributed by atoms with E-state index >= 15 is 0 Å². The molecule has 0 amide bonds. The molecule has 1 aliphatic heterocycles. The zero-order chi connectivity index (χ0) is 35.9. The number of hydrogen-bond donors (Lipinski definition) is 3. The zero-order valence-corrected chi connectivity index (χ0v) is 28.0. The first kappa shape index (κ1) is 40.1. The van der Waals surface area contributed by atoms with Crippen molar-refractivity contribution in [3.63, 3.8) is 0 Å². The molecular formula is C27H43FN3O15P. The summed E-state index contributed by atoms with van der Waals surface area (Å²) in [5.74, 6) is -3.90. The molecule has 1 saturated heterocycles. The van der Waals surface area contributed by atoms with Crippen LogP contribution in [0.1, 0.15) is 54.7 Å². The van der Waals surface area contributed by atoms with Crippen molar-refractivity contribution in [2.24, 2.45) is 23.5 Å². The summed E-state index contributed by atoms with van der Waals surface area (Å²) in [5, 5.41) is 22.3. The molecule has 0 aromatic carbocycles. The van der Waals surface area contributed by atoms with Crippen molar-refractivity contribution in [1.29, 1.82) is 0 Å². The summed E-state index contributed by atoms with van der Waals surface area (Å²) in [5.41, 5.74) is -1.38. The molecule has 0 saturated carbocycles. The molecular weight excluding hydrogens is 656 g/mol. The molecule has 18 nitrogen and oxygen atoms in total. The summed E-state index contributed by atoms with van der Waals surface area (Å²) in [6, 6.07) is -0.188. The smallest absolute Gasteiger partial charge is 0.442 e. The number of aliphatic hydroxyl groups is 2. The molecule has 268 valence electrons. The van der Waals surface area contributed by atoms with E-state index in [9.17, 15) is 43.1 Å². The number of carbonyl (C=O) groups is 3. The Morgan fingerprint density at radius 1 is 1.00 bits per heavy atom. The standard InChI is InChI=1S/C27H43FN3O15P/c1-15(2)19(29)22(35)40-12-31-18(32)8-9-30(25(31)37)24-26(7,38)23(36)27(10-28,46-24)11-43-47(39,44-13-41-20(33)16(3)4)45-14-42-21(34)17(5)6/h8-9,15-17,19,23-24,36,38H,10-14,29H2,1-7H3. The van der Waals surface area contributed by atoms with Crippen LogP contribution in [0, 0.1) is 17.8 Å². The molecule has 1 aromatic heterocycles. The van der Waals surface area contributed by atoms with Crippen LogP contribution in [0.15, 0.2) is 21.9 Å². The van der Waals surface area contributed by atoms with Crippen molar-refractivity contribution >= 4 is 25.7 Å². The third kappa shape index (κ3) is 9.76. The number of carbonyl (C=O) groups excluding carboxylic acids is 3. The van der Waals surface area contributed by atoms with Gasteiger partial charge in [0.1, 0.15) is 24.4 Å². The Balaban J connectivity index is 2.35. The van der Waals surface area contributed by atoms with Gasteiger partial charge in [-0.2, -0.15) is 0 Å². The third-order valence-electron chi connectivity index (χ3n) is 7.03. The van der Waals surface area contributed by atoms with Crippen molar-refractivity contribution in [1.82, 2.24) is 9.13 Å². The normalized spacial score (nSPS) is 23.7. The van der Waals surface area contributed by atoms with E-state index in [1.54, 1.807) is 13.8 Å². The first-order valence-corrected chi connectivity index (χ1v) is 15.9. The van der Waals surface area contributed by atoms with Crippen molar-refractivity contribution in [3.8, 4) is 0 Å². The molecule has 1 aliphatic rings. The highest BCUT2D eigenvalue weighted by Gasteiger charge is 2.63. The molecule has 0 spiro atoms. The average molecular weight is 700 g/mol. The summed E-state index contributed by atoms with van der Waals surface area (Å²) in [4.78, 5) is 61.5. The van der Waals surface area contributed by atoms with E-state index in [0.29, 0.717) is 9.13 Å². The lowest BCUT2D eigenvalue weighted by Crippen LogP contribution is -2.53. The summed E-state index contributed by atoms with van der Waals surface area (Å²) >= 11 is 0. The van der Waals surface area contributed by atoms with Crippen molar-refractivity contribution in [2.75, 3.05) is 26.9 Å². The number of esters is 3. The molecule has 1 fully saturated rings. The SMILES string of the molecule is CC(C)C(=O)OCOP(=O)(OCOC(=O)C(C)C)OCC1(CF)OC(n2ccc(=O)n(COC(=O)C(N)C(C)C)c2=O)C(C)(O)C1O. The van der Waals surface area contributed by atoms with Crippen LogP contribution in [0.5, 0.6) is 0 Å². The minimum atomic E-state index is -4.88. The van der Waals surface area contributed by atoms with E-state index in [1.807, 2.05) is 0 Å². The van der Waals surface area contributed by atoms with E-state index in [-0.39, 0.29) is 5.92 Å². The van der Waals surface area contributed by atoms with Crippen LogP contribution in [-0.4, -0.2) is 87.5 Å². The number of rotatable bonds is 17. The highest BCUT2D eigenvalue weighted by atomic mass is 31.2. The van der Waals surface area contributed by atoms with E-state index in [4.69, 9.17) is 38.3 Å². The number of nitrogens with zero attached hydrogens (tertiary/aromatic N) is 2. The maximum absolute atomic E-state index is 14.7. The van der Waals surface area contributed by atoms with E-state index in [2.05, 4.69) is 0 Å². The Bertz CT molecular complexity index is 1400. The van der Waals surface area contributed by atoms with Gasteiger partial charge in [-0.1, -0.05) is 41.5 Å². The summed E-state index contributed by atoms with van der Waals surface area (Å²) in [6.07, 6.45) is -3.19. The predicted molar refractivity (Wildman–Crippen MR) is 157 cm³/mol. The summed E-state index contributed by atoms with van der Waals surface area (Å²) in [6.45, 7) is 4.77. The number of aromatic nitrogens is 2. The quantitative estimate of drug-likeness (QED) is 0.0857. The van der Waals surface area contributed by atoms with Gasteiger partial charge >= 0.3 is 31.4 Å². The van der Waals surface area contributed by atoms with E-state index < -0.39 is 112 Å². The van der Waals surface area contributed by atoms with Gasteiger partial charge in [0.05, 0.1) is 18.4 Å². The molecule has 0 aliphatic carbocycles. The Kier molecular flexibility index (Phi) is 14.0. The second-order valence-electron chi connectivity index (χ2n) is 11.9. The molecule has 47 heavy (non-hydrogen) atoms. The Morgan fingerprint density at radius 3 is 2.00 bits per heavy atom. The first-order valence-electron chi connectivity index (χ1n) is 14.5. The maximum Gasteiger partial charge on any atom is 0.480 e. The molecule has 5 unspecified atom stereocenters. The van der Waals surface area contributed by atoms with Crippen molar-refractivity contribution < 1.29 is 66.1 Å². The maximum atomic E-state index is 14.7. The number of aliphatic hydroxyl groups excluding tert-OH is 1. The lowest BCUT2D eigenvalue weighted by atomic mass is 9.88. The molecule has 4 N–H and O–H groups in total. The number of halogens is 1. The van der Waals surface area contributed by atoms with Gasteiger partial charge in [0.25, 0.3) is 5.56 Å². The predicted octanol–water partition coefficient (Wildman–Crippen LogP) is 0.314. The number of alkyl halides is 1. The summed E-state index contributed by atoms with van der Waals surface area (Å²) in [7, 11) is -4.88. The monoisotopic (exact) mass is 699 g/mol. The minimum Gasteiger partial charge on any atom is -0.442 e. The second-order valence-corrected chi connectivity index (χ2v) is 13.6. The number of hydrogen-bond acceptors (Lipinski definition) is 16. The van der Waals surface area contributed by atoms with Crippen LogP contribution < -0.4 is 17.0 Å². The number of phosphoric ester groups is 1. The molecule has 5 atom stereocenters. The molecule has 1 aromatic rings. The van der Waals surface area contributed by atoms with E-state index in [0.717, 1.165) is 19.2 Å². The summed E-state index contributed by atoms with van der Waals surface area (Å²) < 4.78 is 64.6. The van der Waals surface area contributed by atoms with Gasteiger partial charge in [-0.05, 0) is 12.8 Å². The highest BCUT2D eigenvalue weighted by Crippen LogP contribution is 2.52. The second kappa shape index (κ2) is 16.4. The van der Waals surface area contributed by atoms with Gasteiger partial charge in [-0.25, -0.2) is 27.4 Å². The first-order chi connectivity index (χ1) is 21.7. The van der Waals surface area contributed by atoms with Crippen LogP contribution in [0.2, 0.25) is 0 Å². The van der Waals surface area contributed by atoms with Crippen LogP contribution in [-0.2, 0) is 58.2 Å². The number of ether oxygens (including phenoxy) is 4. The fraction of sp³-hybridized carbons (Fsp3) is 0.741. The molecule has 2 heterocycles. The topological polar surface area (TPSA) is 243 Å². The van der Waals surface area contributed by atoms with Crippen molar-refractivity contribution in [3.05, 3.63) is 33.1 Å². The molecule has 0 bridgehead atoms. The van der Waals surface area contributed by atoms with Crippen LogP contribution in [0.25, 0.3) is 0 Å². The Hall–Kier alpha value is -3.03. The van der Waals surface area contributed by atoms with Gasteiger partial charge in [0.15, 0.2) is 18.6 Å². The van der Waals surface area contributed by atoms with Crippen molar-refractivity contribution in [2.45, 2.75) is 84.8 Å². The third-order valence-corrected chi connectivity index (χ3v) is 8.32. The minimum absolute atomic E-state index is 0.317. The lowest BCUT2D eigenvalue weighted by molar-refractivity contribution is -0.161. The fourth-order valence-electron chi connectivity index (χ4n) is 3.92. The average Bonchev–Trinajstić information content (AvgIpc) is 3.20. The Labute approximate surface area is 269 Å². The largest absolute Gasteiger partial charge is 0.480 e. The number of nitrogens with two attached hydrogens (primary N) is 1. The van der Waals surface area contributed by atoms with E-state index in [1.165, 1.54) is 27.7 Å². The fourth-order valence-corrected chi connectivity index (χ4v) is 4.89. The molecule has 20 heteroatoms. The number of phosphoric acid groups is 1. The Morgan fingerprint density at radius 2 is 1.53 bits per heavy atom. The molecule has 2 rings (SSSR count). The highest BCUT2D eigenvalue weighted by molar-refractivity contribution is 7.48. The van der Waals surface area contributed by atoms with Gasteiger partial charge in [-0.15, -0.1) is 0 Å². The van der Waals surface area contributed by atoms with Crippen LogP contribution >= 0.6 is 7.82 Å². The van der Waals surface area contributed by atoms with Gasteiger partial charge < -0.3 is 34.9 Å². The van der Waals surface area contributed by atoms with Gasteiger partial charge in [0.2, 0.25) is 13.6 Å². The lowest BCUT2D eigenvalue weighted by Gasteiger charge is -2.31. The zero-order valence-electron chi connectivity index (χ0n) is 27.2. The van der Waals surface area contributed by atoms with Crippen LogP contribution in [0.4, 0.5) is 4.39 Å². The molecule has 0 radical (unpaired) electrons. The van der Waals surface area contributed by atoms with Gasteiger partial charge in [-0.3, -0.25) is 28.3 Å². The van der Waals surface area contributed by atoms with Crippen LogP contribution in [0.3, 0.4) is 0 Å².